The summed E-state index contributed by atoms with van der Waals surface area (Å²) in [5, 5.41) is 1.62. The van der Waals surface area contributed by atoms with E-state index in [2.05, 4.69) is 0 Å². The highest BCUT2D eigenvalue weighted by molar-refractivity contribution is 7.98. The Morgan fingerprint density at radius 1 is 1.46 bits per heavy atom. The molecule has 1 heterocycles. The van der Waals surface area contributed by atoms with Gasteiger partial charge in [0.1, 0.15) is 7.05 Å². The van der Waals surface area contributed by atoms with Crippen LogP contribution in [0.1, 0.15) is 0 Å². The molecule has 2 rings (SSSR count). The normalized spacial score (nSPS) is 11.0. The van der Waals surface area contributed by atoms with Crippen LogP contribution in [0.5, 0.6) is 0 Å². The van der Waals surface area contributed by atoms with Gasteiger partial charge in [-0.2, -0.15) is 4.57 Å². The Balaban J connectivity index is 2.77. The van der Waals surface area contributed by atoms with Crippen molar-refractivity contribution in [2.45, 2.75) is 5.22 Å². The molecule has 0 atom stereocenters. The first-order valence-corrected chi connectivity index (χ1v) is 5.44. The first-order valence-electron chi connectivity index (χ1n) is 3.84. The summed E-state index contributed by atoms with van der Waals surface area (Å²) in [4.78, 5) is 0. The number of rotatable bonds is 1. The smallest absolute Gasteiger partial charge is 0.393 e. The van der Waals surface area contributed by atoms with Crippen molar-refractivity contribution in [1.29, 1.82) is 0 Å². The molecule has 0 aliphatic carbocycles. The number of thioether (sulfide) groups is 1. The summed E-state index contributed by atoms with van der Waals surface area (Å²) in [5.74, 6) is 0. The number of aromatic nitrogens is 1. The van der Waals surface area contributed by atoms with Gasteiger partial charge in [-0.15, -0.1) is 0 Å². The molecule has 0 N–H and O–H groups in total. The van der Waals surface area contributed by atoms with Gasteiger partial charge in [0.25, 0.3) is 5.52 Å². The van der Waals surface area contributed by atoms with Gasteiger partial charge >= 0.3 is 5.22 Å². The minimum atomic E-state index is 0.733. The molecule has 68 valence electrons. The maximum atomic E-state index is 5.88. The summed E-state index contributed by atoms with van der Waals surface area (Å²) in [7, 11) is 1.97. The molecule has 1 aromatic heterocycles. The second-order valence-corrected chi connectivity index (χ2v) is 3.94. The molecule has 2 aromatic rings. The molecule has 0 saturated heterocycles. The number of oxazole rings is 1. The van der Waals surface area contributed by atoms with Gasteiger partial charge in [-0.05, 0) is 30.2 Å². The Hall–Kier alpha value is -0.670. The molecule has 0 aliphatic heterocycles. The number of fused-ring (bicyclic) bond motifs is 1. The van der Waals surface area contributed by atoms with E-state index in [1.807, 2.05) is 36.1 Å². The van der Waals surface area contributed by atoms with Crippen LogP contribution in [0.3, 0.4) is 0 Å². The molecule has 1 aromatic carbocycles. The van der Waals surface area contributed by atoms with Crippen molar-refractivity contribution in [3.63, 3.8) is 0 Å². The van der Waals surface area contributed by atoms with Crippen molar-refractivity contribution >= 4 is 34.5 Å². The van der Waals surface area contributed by atoms with Gasteiger partial charge in [0.2, 0.25) is 5.58 Å². The molecule has 0 saturated carbocycles. The van der Waals surface area contributed by atoms with E-state index in [-0.39, 0.29) is 0 Å². The minimum absolute atomic E-state index is 0.733. The summed E-state index contributed by atoms with van der Waals surface area (Å²) in [5.41, 5.74) is 1.90. The Morgan fingerprint density at radius 3 is 2.92 bits per heavy atom. The summed E-state index contributed by atoms with van der Waals surface area (Å²) in [6, 6.07) is 5.62. The van der Waals surface area contributed by atoms with Crippen molar-refractivity contribution in [3.05, 3.63) is 23.2 Å². The Morgan fingerprint density at radius 2 is 2.23 bits per heavy atom. The van der Waals surface area contributed by atoms with Gasteiger partial charge in [-0.3, -0.25) is 0 Å². The topological polar surface area (TPSA) is 17.0 Å². The van der Waals surface area contributed by atoms with Crippen LogP contribution in [0, 0.1) is 0 Å². The second-order valence-electron chi connectivity index (χ2n) is 2.74. The summed E-state index contributed by atoms with van der Waals surface area (Å²) in [6.45, 7) is 0. The van der Waals surface area contributed by atoms with Crippen LogP contribution in [0.15, 0.2) is 27.8 Å². The number of halogens is 1. The molecule has 0 fully saturated rings. The lowest BCUT2D eigenvalue weighted by Gasteiger charge is -1.85. The highest BCUT2D eigenvalue weighted by Gasteiger charge is 2.17. The average Bonchev–Trinajstić information content (AvgIpc) is 2.44. The quantitative estimate of drug-likeness (QED) is 0.536. The lowest BCUT2D eigenvalue weighted by atomic mass is 10.3. The average molecular weight is 215 g/mol. The Kier molecular flexibility index (Phi) is 2.22. The molecular formula is C9H9ClNOS+. The zero-order valence-electron chi connectivity index (χ0n) is 7.37. The molecule has 0 aliphatic rings. The van der Waals surface area contributed by atoms with Crippen LogP contribution < -0.4 is 4.57 Å². The van der Waals surface area contributed by atoms with Crippen molar-refractivity contribution in [3.8, 4) is 0 Å². The maximum Gasteiger partial charge on any atom is 0.411 e. The summed E-state index contributed by atoms with van der Waals surface area (Å²) < 4.78 is 7.56. The molecular weight excluding hydrogens is 206 g/mol. The predicted octanol–water partition coefficient (Wildman–Crippen LogP) is 2.63. The number of benzene rings is 1. The monoisotopic (exact) mass is 214 g/mol. The molecule has 4 heteroatoms. The minimum Gasteiger partial charge on any atom is -0.393 e. The van der Waals surface area contributed by atoms with E-state index in [4.69, 9.17) is 16.0 Å². The van der Waals surface area contributed by atoms with E-state index in [9.17, 15) is 0 Å². The zero-order chi connectivity index (χ0) is 9.42. The van der Waals surface area contributed by atoms with E-state index < -0.39 is 0 Å². The number of nitrogens with zero attached hydrogens (tertiary/aromatic N) is 1. The molecule has 0 bridgehead atoms. The van der Waals surface area contributed by atoms with Crippen LogP contribution in [-0.2, 0) is 7.05 Å². The van der Waals surface area contributed by atoms with Crippen LogP contribution >= 0.6 is 23.4 Å². The Bertz CT molecular complexity index is 452. The molecule has 13 heavy (non-hydrogen) atoms. The summed E-state index contributed by atoms with van der Waals surface area (Å²) in [6.07, 6.45) is 1.99. The third-order valence-corrected chi connectivity index (χ3v) is 2.87. The third kappa shape index (κ3) is 1.42. The van der Waals surface area contributed by atoms with Crippen molar-refractivity contribution in [1.82, 2.24) is 0 Å². The fourth-order valence-electron chi connectivity index (χ4n) is 1.28. The van der Waals surface area contributed by atoms with Crippen molar-refractivity contribution < 1.29 is 8.98 Å². The van der Waals surface area contributed by atoms with Crippen LogP contribution in [0.2, 0.25) is 5.02 Å². The SMILES string of the molecule is CSc1oc2ccc(Cl)cc2[n+]1C. The predicted molar refractivity (Wildman–Crippen MR) is 54.2 cm³/mol. The maximum absolute atomic E-state index is 5.88. The van der Waals surface area contributed by atoms with E-state index >= 15 is 0 Å². The number of hydrogen-bond donors (Lipinski definition) is 0. The zero-order valence-corrected chi connectivity index (χ0v) is 8.95. The van der Waals surface area contributed by atoms with Gasteiger partial charge in [-0.1, -0.05) is 11.6 Å². The van der Waals surface area contributed by atoms with E-state index in [0.29, 0.717) is 0 Å². The molecule has 2 nitrogen and oxygen atoms in total. The van der Waals surface area contributed by atoms with Gasteiger partial charge in [0.15, 0.2) is 0 Å². The van der Waals surface area contributed by atoms with Crippen LogP contribution in [0.25, 0.3) is 11.1 Å². The lowest BCUT2D eigenvalue weighted by Crippen LogP contribution is -2.28. The van der Waals surface area contributed by atoms with E-state index in [1.54, 1.807) is 11.8 Å². The molecule has 0 unspecified atom stereocenters. The molecule has 0 amide bonds. The van der Waals surface area contributed by atoms with Crippen molar-refractivity contribution in [2.24, 2.45) is 7.05 Å². The van der Waals surface area contributed by atoms with E-state index in [1.165, 1.54) is 0 Å². The largest absolute Gasteiger partial charge is 0.411 e. The highest BCUT2D eigenvalue weighted by atomic mass is 35.5. The van der Waals surface area contributed by atoms with Crippen LogP contribution in [0.4, 0.5) is 0 Å². The van der Waals surface area contributed by atoms with Gasteiger partial charge in [-0.25, -0.2) is 0 Å². The third-order valence-electron chi connectivity index (χ3n) is 1.93. The first-order chi connectivity index (χ1) is 6.22. The van der Waals surface area contributed by atoms with Gasteiger partial charge in [0, 0.05) is 11.1 Å². The summed E-state index contributed by atoms with van der Waals surface area (Å²) >= 11 is 7.46. The lowest BCUT2D eigenvalue weighted by molar-refractivity contribution is -0.692. The first kappa shape index (κ1) is 8.91. The highest BCUT2D eigenvalue weighted by Crippen LogP contribution is 2.21. The molecule has 0 spiro atoms. The fraction of sp³-hybridized carbons (Fsp3) is 0.222. The Labute approximate surface area is 85.5 Å². The van der Waals surface area contributed by atoms with Gasteiger partial charge in [0.05, 0.1) is 0 Å². The van der Waals surface area contributed by atoms with E-state index in [0.717, 1.165) is 21.3 Å². The standard InChI is InChI=1S/C9H9ClNOS/c1-11-7-5-6(10)3-4-8(7)12-9(11)13-2/h3-5H,1-2H3/q+1. The van der Waals surface area contributed by atoms with Crippen molar-refractivity contribution in [2.75, 3.05) is 6.26 Å². The van der Waals surface area contributed by atoms with Crippen LogP contribution in [-0.4, -0.2) is 6.26 Å². The number of hydrogen-bond acceptors (Lipinski definition) is 2. The fourth-order valence-corrected chi connectivity index (χ4v) is 1.99. The number of aryl methyl sites for hydroxylation is 1. The molecule has 0 radical (unpaired) electrons. The van der Waals surface area contributed by atoms with Gasteiger partial charge < -0.3 is 4.42 Å². The second kappa shape index (κ2) is 3.24.